The van der Waals surface area contributed by atoms with E-state index in [0.29, 0.717) is 0 Å². The first-order chi connectivity index (χ1) is 6.13. The van der Waals surface area contributed by atoms with Crippen LogP contribution in [-0.2, 0) is 6.54 Å². The lowest BCUT2D eigenvalue weighted by molar-refractivity contribution is 0.296. The lowest BCUT2D eigenvalue weighted by atomic mass is 10.3. The highest BCUT2D eigenvalue weighted by atomic mass is 35.5. The normalized spacial score (nSPS) is 12.8. The van der Waals surface area contributed by atoms with E-state index in [9.17, 15) is 0 Å². The topological polar surface area (TPSA) is 16.1 Å². The van der Waals surface area contributed by atoms with Gasteiger partial charge in [-0.2, -0.15) is 0 Å². The Bertz CT molecular complexity index is 316. The van der Waals surface area contributed by atoms with E-state index in [1.165, 1.54) is 11.3 Å². The number of thiazole rings is 1. The maximum Gasteiger partial charge on any atom is 0.113 e. The first-order valence-electron chi connectivity index (χ1n) is 3.90. The van der Waals surface area contributed by atoms with Crippen LogP contribution in [0.15, 0.2) is 6.20 Å². The molecule has 0 saturated carbocycles. The molecule has 4 heteroatoms. The molecular formula is C9H11ClN2S. The molecule has 0 fully saturated rings. The van der Waals surface area contributed by atoms with Crippen molar-refractivity contribution in [2.24, 2.45) is 0 Å². The fourth-order valence-corrected chi connectivity index (χ4v) is 1.86. The number of halogens is 1. The molecule has 0 amide bonds. The number of terminal acetylenes is 1. The van der Waals surface area contributed by atoms with Gasteiger partial charge in [0.1, 0.15) is 9.34 Å². The van der Waals surface area contributed by atoms with E-state index in [1.54, 1.807) is 6.20 Å². The molecule has 70 valence electrons. The van der Waals surface area contributed by atoms with Crippen LogP contribution >= 0.6 is 22.9 Å². The number of aromatic nitrogens is 1. The molecule has 1 rings (SSSR count). The van der Waals surface area contributed by atoms with Gasteiger partial charge in [0, 0.05) is 0 Å². The third-order valence-corrected chi connectivity index (χ3v) is 2.91. The summed E-state index contributed by atoms with van der Waals surface area (Å²) in [5.74, 6) is 2.66. The van der Waals surface area contributed by atoms with E-state index >= 15 is 0 Å². The minimum Gasteiger partial charge on any atom is -0.286 e. The summed E-state index contributed by atoms with van der Waals surface area (Å²) >= 11 is 7.24. The Balaban J connectivity index is 2.55. The van der Waals surface area contributed by atoms with Gasteiger partial charge in [-0.15, -0.1) is 17.8 Å². The third-order valence-electron chi connectivity index (χ3n) is 1.81. The average molecular weight is 215 g/mol. The molecular weight excluding hydrogens is 204 g/mol. The highest BCUT2D eigenvalue weighted by molar-refractivity contribution is 7.15. The molecule has 2 nitrogen and oxygen atoms in total. The van der Waals surface area contributed by atoms with Gasteiger partial charge in [0.15, 0.2) is 0 Å². The zero-order valence-electron chi connectivity index (χ0n) is 7.62. The lowest BCUT2D eigenvalue weighted by Crippen LogP contribution is -2.26. The maximum atomic E-state index is 5.75. The minimum atomic E-state index is 0.127. The number of nitrogens with zero attached hydrogens (tertiary/aromatic N) is 2. The van der Waals surface area contributed by atoms with Gasteiger partial charge < -0.3 is 0 Å². The Morgan fingerprint density at radius 1 is 1.85 bits per heavy atom. The fourth-order valence-electron chi connectivity index (χ4n) is 0.839. The van der Waals surface area contributed by atoms with Crippen LogP contribution in [0.25, 0.3) is 0 Å². The van der Waals surface area contributed by atoms with E-state index in [-0.39, 0.29) is 6.04 Å². The summed E-state index contributed by atoms with van der Waals surface area (Å²) in [5.41, 5.74) is 0. The Morgan fingerprint density at radius 3 is 3.00 bits per heavy atom. The summed E-state index contributed by atoms with van der Waals surface area (Å²) in [6, 6.07) is 0.127. The van der Waals surface area contributed by atoms with E-state index in [0.717, 1.165) is 15.9 Å². The van der Waals surface area contributed by atoms with Crippen molar-refractivity contribution in [3.8, 4) is 12.3 Å². The van der Waals surface area contributed by atoms with Crippen molar-refractivity contribution in [3.05, 3.63) is 15.5 Å². The number of hydrogen-bond donors (Lipinski definition) is 0. The summed E-state index contributed by atoms with van der Waals surface area (Å²) in [6.45, 7) is 2.73. The Hall–Kier alpha value is -0.560. The van der Waals surface area contributed by atoms with E-state index < -0.39 is 0 Å². The average Bonchev–Trinajstić information content (AvgIpc) is 2.49. The van der Waals surface area contributed by atoms with Crippen molar-refractivity contribution >= 4 is 22.9 Å². The molecule has 1 heterocycles. The molecule has 0 aliphatic heterocycles. The van der Waals surface area contributed by atoms with Crippen LogP contribution in [0.2, 0.25) is 4.34 Å². The van der Waals surface area contributed by atoms with Crippen LogP contribution in [0.1, 0.15) is 11.9 Å². The highest BCUT2D eigenvalue weighted by Gasteiger charge is 2.08. The maximum absolute atomic E-state index is 5.75. The van der Waals surface area contributed by atoms with E-state index in [4.69, 9.17) is 18.0 Å². The Kier molecular flexibility index (Phi) is 3.73. The minimum absolute atomic E-state index is 0.127. The monoisotopic (exact) mass is 214 g/mol. The van der Waals surface area contributed by atoms with Crippen molar-refractivity contribution in [1.29, 1.82) is 0 Å². The van der Waals surface area contributed by atoms with Crippen LogP contribution in [0, 0.1) is 12.3 Å². The van der Waals surface area contributed by atoms with Gasteiger partial charge in [0.25, 0.3) is 0 Å². The van der Waals surface area contributed by atoms with Crippen molar-refractivity contribution < 1.29 is 0 Å². The van der Waals surface area contributed by atoms with Crippen LogP contribution in [0.5, 0.6) is 0 Å². The SMILES string of the molecule is C#CC(C)N(C)Cc1ncc(Cl)s1. The molecule has 0 bridgehead atoms. The van der Waals surface area contributed by atoms with Crippen LogP contribution in [0.4, 0.5) is 0 Å². The smallest absolute Gasteiger partial charge is 0.113 e. The van der Waals surface area contributed by atoms with Gasteiger partial charge in [-0.25, -0.2) is 4.98 Å². The standard InChI is InChI=1S/C9H11ClN2S/c1-4-7(2)12(3)6-9-11-5-8(10)13-9/h1,5,7H,6H2,2-3H3. The largest absolute Gasteiger partial charge is 0.286 e. The summed E-state index contributed by atoms with van der Waals surface area (Å²) in [4.78, 5) is 6.20. The van der Waals surface area contributed by atoms with Gasteiger partial charge in [0.05, 0.1) is 18.8 Å². The molecule has 0 aliphatic rings. The van der Waals surface area contributed by atoms with Crippen LogP contribution in [-0.4, -0.2) is 23.0 Å². The predicted octanol–water partition coefficient (Wildman–Crippen LogP) is 2.25. The Morgan fingerprint density at radius 2 is 2.54 bits per heavy atom. The molecule has 1 unspecified atom stereocenters. The second-order valence-corrected chi connectivity index (χ2v) is 4.56. The van der Waals surface area contributed by atoms with Crippen LogP contribution < -0.4 is 0 Å². The number of rotatable bonds is 3. The zero-order chi connectivity index (χ0) is 9.84. The summed E-state index contributed by atoms with van der Waals surface area (Å²) in [5, 5.41) is 0.995. The van der Waals surface area contributed by atoms with Crippen LogP contribution in [0.3, 0.4) is 0 Å². The molecule has 0 radical (unpaired) electrons. The van der Waals surface area contributed by atoms with Gasteiger partial charge in [-0.1, -0.05) is 17.5 Å². The number of hydrogen-bond acceptors (Lipinski definition) is 3. The summed E-state index contributed by atoms with van der Waals surface area (Å²) in [6.07, 6.45) is 6.96. The molecule has 0 aromatic carbocycles. The van der Waals surface area contributed by atoms with Crippen molar-refractivity contribution in [2.45, 2.75) is 19.5 Å². The second-order valence-electron chi connectivity index (χ2n) is 2.82. The summed E-state index contributed by atoms with van der Waals surface area (Å²) in [7, 11) is 1.97. The molecule has 1 atom stereocenters. The third kappa shape index (κ3) is 3.00. The van der Waals surface area contributed by atoms with Crippen molar-refractivity contribution in [2.75, 3.05) is 7.05 Å². The van der Waals surface area contributed by atoms with Gasteiger partial charge in [-0.3, -0.25) is 4.90 Å². The summed E-state index contributed by atoms with van der Waals surface area (Å²) < 4.78 is 0.719. The highest BCUT2D eigenvalue weighted by Crippen LogP contribution is 2.19. The first-order valence-corrected chi connectivity index (χ1v) is 5.09. The molecule has 13 heavy (non-hydrogen) atoms. The fraction of sp³-hybridized carbons (Fsp3) is 0.444. The molecule has 0 spiro atoms. The molecule has 0 aliphatic carbocycles. The molecule has 0 N–H and O–H groups in total. The van der Waals surface area contributed by atoms with Gasteiger partial charge in [-0.05, 0) is 14.0 Å². The van der Waals surface area contributed by atoms with Gasteiger partial charge in [0.2, 0.25) is 0 Å². The van der Waals surface area contributed by atoms with Gasteiger partial charge >= 0.3 is 0 Å². The molecule has 0 saturated heterocycles. The second kappa shape index (κ2) is 4.61. The predicted molar refractivity (Wildman–Crippen MR) is 56.9 cm³/mol. The van der Waals surface area contributed by atoms with Crippen molar-refractivity contribution in [3.63, 3.8) is 0 Å². The first kappa shape index (κ1) is 10.5. The zero-order valence-corrected chi connectivity index (χ0v) is 9.19. The molecule has 1 aromatic rings. The van der Waals surface area contributed by atoms with E-state index in [2.05, 4.69) is 15.8 Å². The molecule has 1 aromatic heterocycles. The Labute approximate surface area is 87.5 Å². The quantitative estimate of drug-likeness (QED) is 0.718. The lowest BCUT2D eigenvalue weighted by Gasteiger charge is -2.18. The van der Waals surface area contributed by atoms with Crippen molar-refractivity contribution in [1.82, 2.24) is 9.88 Å². The van der Waals surface area contributed by atoms with E-state index in [1.807, 2.05) is 14.0 Å².